The molecular weight excluding hydrogens is 418 g/mol. The Labute approximate surface area is 136 Å². The standard InChI is InChI=1S/2C6H7.C2H4.2ClH.Hf/c2*1-6-4-2-3-5-6;1-2;;;/h2*2-5H,1H3;1-2H2;2*1H;/q2*-1;;;;+4/p-2. The van der Waals surface area contributed by atoms with Gasteiger partial charge in [-0.1, -0.05) is 13.8 Å². The maximum Gasteiger partial charge on any atom is 4.00 e. The maximum absolute atomic E-state index is 3.00. The van der Waals surface area contributed by atoms with Gasteiger partial charge in [0, 0.05) is 0 Å². The van der Waals surface area contributed by atoms with E-state index in [1.165, 1.54) is 11.1 Å². The van der Waals surface area contributed by atoms with Crippen molar-refractivity contribution in [2.45, 2.75) is 13.8 Å². The van der Waals surface area contributed by atoms with Crippen LogP contribution in [0.5, 0.6) is 0 Å². The van der Waals surface area contributed by atoms with Gasteiger partial charge in [0.2, 0.25) is 0 Å². The van der Waals surface area contributed by atoms with Crippen molar-refractivity contribution in [1.82, 2.24) is 0 Å². The van der Waals surface area contributed by atoms with Crippen molar-refractivity contribution in [1.29, 1.82) is 0 Å². The number of hydrogen-bond donors (Lipinski definition) is 0. The van der Waals surface area contributed by atoms with Gasteiger partial charge in [0.15, 0.2) is 0 Å². The molecule has 92 valence electrons. The summed E-state index contributed by atoms with van der Waals surface area (Å²) in [4.78, 5) is 0. The molecule has 0 nitrogen and oxygen atoms in total. The zero-order chi connectivity index (χ0) is 10.8. The second kappa shape index (κ2) is 18.3. The molecule has 17 heavy (non-hydrogen) atoms. The maximum atomic E-state index is 3.00. The van der Waals surface area contributed by atoms with E-state index in [1.807, 2.05) is 24.3 Å². The van der Waals surface area contributed by atoms with Crippen LogP contribution in [-0.4, -0.2) is 0 Å². The summed E-state index contributed by atoms with van der Waals surface area (Å²) in [5.41, 5.74) is 2.69. The Morgan fingerprint density at radius 2 is 0.824 bits per heavy atom. The summed E-state index contributed by atoms with van der Waals surface area (Å²) >= 11 is 0. The zero-order valence-electron chi connectivity index (χ0n) is 10.3. The minimum absolute atomic E-state index is 0. The second-order valence-corrected chi connectivity index (χ2v) is 2.92. The van der Waals surface area contributed by atoms with E-state index in [1.54, 1.807) is 0 Å². The first-order valence-electron chi connectivity index (χ1n) is 4.65. The molecule has 0 aliphatic rings. The van der Waals surface area contributed by atoms with Crippen molar-refractivity contribution in [2.24, 2.45) is 0 Å². The Morgan fingerprint density at radius 3 is 0.882 bits per heavy atom. The van der Waals surface area contributed by atoms with Crippen LogP contribution in [0, 0.1) is 13.8 Å². The average molecular weight is 436 g/mol. The molecule has 3 heteroatoms. The van der Waals surface area contributed by atoms with Crippen molar-refractivity contribution < 1.29 is 50.7 Å². The van der Waals surface area contributed by atoms with Crippen molar-refractivity contribution in [3.8, 4) is 0 Å². The molecule has 0 fully saturated rings. The summed E-state index contributed by atoms with van der Waals surface area (Å²) in [7, 11) is 0. The minimum Gasteiger partial charge on any atom is -1.00 e. The molecule has 0 saturated carbocycles. The first-order chi connectivity index (χ1) is 6.79. The van der Waals surface area contributed by atoms with E-state index in [2.05, 4.69) is 51.3 Å². The summed E-state index contributed by atoms with van der Waals surface area (Å²) in [5.74, 6) is 0. The topological polar surface area (TPSA) is 0 Å². The van der Waals surface area contributed by atoms with Crippen molar-refractivity contribution in [2.75, 3.05) is 0 Å². The van der Waals surface area contributed by atoms with Gasteiger partial charge in [-0.3, -0.25) is 0 Å². The van der Waals surface area contributed by atoms with Crippen LogP contribution >= 0.6 is 0 Å². The van der Waals surface area contributed by atoms with Gasteiger partial charge in [0.05, 0.1) is 0 Å². The average Bonchev–Trinajstić information content (AvgIpc) is 2.83. The van der Waals surface area contributed by atoms with Crippen LogP contribution in [0.4, 0.5) is 0 Å². The third-order valence-electron chi connectivity index (χ3n) is 1.66. The predicted molar refractivity (Wildman–Crippen MR) is 64.8 cm³/mol. The van der Waals surface area contributed by atoms with Gasteiger partial charge in [-0.05, 0) is 0 Å². The molecule has 0 unspecified atom stereocenters. The van der Waals surface area contributed by atoms with Gasteiger partial charge < -0.3 is 24.8 Å². The minimum atomic E-state index is 0. The quantitative estimate of drug-likeness (QED) is 0.261. The van der Waals surface area contributed by atoms with Crippen LogP contribution in [-0.2, 0) is 25.8 Å². The summed E-state index contributed by atoms with van der Waals surface area (Å²) in [6, 6.07) is 16.5. The Kier molecular flexibility index (Phi) is 27.6. The normalized spacial score (nSPS) is 6.47. The van der Waals surface area contributed by atoms with Crippen LogP contribution in [0.3, 0.4) is 0 Å². The fourth-order valence-corrected chi connectivity index (χ4v) is 0.940. The molecule has 0 aliphatic carbocycles. The van der Waals surface area contributed by atoms with Crippen molar-refractivity contribution in [3.63, 3.8) is 0 Å². The molecule has 0 bridgehead atoms. The molecule has 0 N–H and O–H groups in total. The Hall–Kier alpha value is -0.110. The molecular formula is C14H18Cl2Hf. The van der Waals surface area contributed by atoms with Gasteiger partial charge >= 0.3 is 25.8 Å². The molecule has 0 atom stereocenters. The van der Waals surface area contributed by atoms with Gasteiger partial charge in [0.1, 0.15) is 0 Å². The molecule has 2 rings (SSSR count). The molecule has 0 aliphatic heterocycles. The molecule has 0 spiro atoms. The van der Waals surface area contributed by atoms with Gasteiger partial charge in [-0.15, -0.1) is 13.2 Å². The molecule has 0 saturated heterocycles. The molecule has 2 aromatic carbocycles. The van der Waals surface area contributed by atoms with Crippen molar-refractivity contribution in [3.05, 3.63) is 72.8 Å². The van der Waals surface area contributed by atoms with Crippen LogP contribution in [0.25, 0.3) is 0 Å². The summed E-state index contributed by atoms with van der Waals surface area (Å²) < 4.78 is 0. The van der Waals surface area contributed by atoms with E-state index >= 15 is 0 Å². The molecule has 0 amide bonds. The first kappa shape index (κ1) is 25.7. The number of hydrogen-bond acceptors (Lipinski definition) is 0. The van der Waals surface area contributed by atoms with E-state index in [0.717, 1.165) is 0 Å². The van der Waals surface area contributed by atoms with E-state index in [4.69, 9.17) is 0 Å². The summed E-state index contributed by atoms with van der Waals surface area (Å²) in [6.07, 6.45) is 0. The molecule has 0 heterocycles. The Balaban J connectivity index is -0.0000000752. The van der Waals surface area contributed by atoms with E-state index in [0.29, 0.717) is 0 Å². The Bertz CT molecular complexity index is 267. The van der Waals surface area contributed by atoms with Crippen molar-refractivity contribution >= 4 is 0 Å². The fraction of sp³-hybridized carbons (Fsp3) is 0.143. The fourth-order valence-electron chi connectivity index (χ4n) is 0.940. The van der Waals surface area contributed by atoms with Gasteiger partial charge in [-0.25, -0.2) is 24.3 Å². The molecule has 0 aromatic heterocycles. The van der Waals surface area contributed by atoms with Crippen LogP contribution in [0.2, 0.25) is 0 Å². The second-order valence-electron chi connectivity index (χ2n) is 2.92. The molecule has 2 aromatic rings. The zero-order valence-corrected chi connectivity index (χ0v) is 15.4. The largest absolute Gasteiger partial charge is 4.00 e. The smallest absolute Gasteiger partial charge is 1.00 e. The van der Waals surface area contributed by atoms with Crippen LogP contribution in [0.15, 0.2) is 61.7 Å². The predicted octanol–water partition coefficient (Wildman–Crippen LogP) is -1.76. The third kappa shape index (κ3) is 15.9. The van der Waals surface area contributed by atoms with Crippen LogP contribution < -0.4 is 24.8 Å². The monoisotopic (exact) mass is 436 g/mol. The Morgan fingerprint density at radius 1 is 0.647 bits per heavy atom. The number of halogens is 2. The van der Waals surface area contributed by atoms with Gasteiger partial charge in [0.25, 0.3) is 0 Å². The number of rotatable bonds is 0. The third-order valence-corrected chi connectivity index (χ3v) is 1.66. The van der Waals surface area contributed by atoms with E-state index in [9.17, 15) is 0 Å². The van der Waals surface area contributed by atoms with Crippen LogP contribution in [0.1, 0.15) is 11.1 Å². The van der Waals surface area contributed by atoms with Gasteiger partial charge in [-0.2, -0.15) is 35.4 Å². The van der Waals surface area contributed by atoms with E-state index in [-0.39, 0.29) is 50.7 Å². The summed E-state index contributed by atoms with van der Waals surface area (Å²) in [5, 5.41) is 0. The SMILES string of the molecule is C=C.C[c-]1cccc1.C[c-]1cccc1.[Cl-].[Cl-].[Hf+4]. The molecule has 0 radical (unpaired) electrons. The van der Waals surface area contributed by atoms with E-state index < -0.39 is 0 Å². The number of aryl methyl sites for hydroxylation is 2. The first-order valence-corrected chi connectivity index (χ1v) is 4.65. The summed E-state index contributed by atoms with van der Waals surface area (Å²) in [6.45, 7) is 10.2.